The molecule has 1 aliphatic carbocycles. The van der Waals surface area contributed by atoms with Crippen LogP contribution >= 0.6 is 0 Å². The number of fused-ring (bicyclic) bond motifs is 1. The lowest BCUT2D eigenvalue weighted by atomic mass is 10.4. The van der Waals surface area contributed by atoms with Crippen LogP contribution in [0.2, 0.25) is 0 Å². The molecule has 3 rings (SSSR count). The number of aliphatic carboxylic acids is 1. The van der Waals surface area contributed by atoms with Gasteiger partial charge < -0.3 is 10.4 Å². The largest absolute Gasteiger partial charge is 0.480 e. The van der Waals surface area contributed by atoms with E-state index in [0.29, 0.717) is 17.5 Å². The van der Waals surface area contributed by atoms with E-state index in [4.69, 9.17) is 5.11 Å². The number of hydrogen-bond acceptors (Lipinski definition) is 5. The Morgan fingerprint density at radius 3 is 3.00 bits per heavy atom. The van der Waals surface area contributed by atoms with Crippen molar-refractivity contribution in [3.05, 3.63) is 22.7 Å². The summed E-state index contributed by atoms with van der Waals surface area (Å²) < 4.78 is 2.22. The van der Waals surface area contributed by atoms with Crippen molar-refractivity contribution in [2.75, 3.05) is 11.9 Å². The van der Waals surface area contributed by atoms with Gasteiger partial charge in [-0.15, -0.1) is 5.10 Å². The maximum absolute atomic E-state index is 12.1. The minimum Gasteiger partial charge on any atom is -0.480 e. The number of nitrogens with one attached hydrogen (secondary N) is 1. The number of aromatic nitrogens is 4. The van der Waals surface area contributed by atoms with Crippen LogP contribution < -0.4 is 11.0 Å². The van der Waals surface area contributed by atoms with Crippen molar-refractivity contribution < 1.29 is 9.90 Å². The Hall–Kier alpha value is -2.38. The van der Waals surface area contributed by atoms with Gasteiger partial charge in [-0.25, -0.2) is 18.9 Å². The van der Waals surface area contributed by atoms with Crippen molar-refractivity contribution in [1.29, 1.82) is 0 Å². The van der Waals surface area contributed by atoms with E-state index >= 15 is 0 Å². The summed E-state index contributed by atoms with van der Waals surface area (Å²) in [5.41, 5.74) is -0.108. The van der Waals surface area contributed by atoms with Crippen LogP contribution in [-0.2, 0) is 11.3 Å². The van der Waals surface area contributed by atoms with Crippen LogP contribution in [0.15, 0.2) is 17.1 Å². The first-order valence-electron chi connectivity index (χ1n) is 6.05. The highest BCUT2D eigenvalue weighted by molar-refractivity contribution is 5.66. The number of carboxylic acids is 1. The molecule has 0 unspecified atom stereocenters. The molecule has 2 aromatic heterocycles. The lowest BCUT2D eigenvalue weighted by Gasteiger charge is -2.04. The Morgan fingerprint density at radius 2 is 2.32 bits per heavy atom. The summed E-state index contributed by atoms with van der Waals surface area (Å²) in [6.07, 6.45) is 3.93. The van der Waals surface area contributed by atoms with Crippen LogP contribution in [0, 0.1) is 5.92 Å². The Balaban J connectivity index is 1.99. The summed E-state index contributed by atoms with van der Waals surface area (Å²) in [7, 11) is 0. The van der Waals surface area contributed by atoms with Crippen LogP contribution in [0.4, 0.5) is 5.95 Å². The summed E-state index contributed by atoms with van der Waals surface area (Å²) in [5.74, 6) is -0.0567. The van der Waals surface area contributed by atoms with E-state index < -0.39 is 18.2 Å². The number of carboxylic acid groups (broad SMARTS) is 1. The third-order valence-electron chi connectivity index (χ3n) is 3.03. The second-order valence-electron chi connectivity index (χ2n) is 4.62. The Morgan fingerprint density at radius 1 is 1.53 bits per heavy atom. The Bertz CT molecular complexity index is 685. The van der Waals surface area contributed by atoms with Crippen LogP contribution in [0.5, 0.6) is 0 Å². The van der Waals surface area contributed by atoms with Gasteiger partial charge in [-0.05, 0) is 18.8 Å². The summed E-state index contributed by atoms with van der Waals surface area (Å²) in [6, 6.07) is 1.57. The van der Waals surface area contributed by atoms with E-state index in [2.05, 4.69) is 15.4 Å². The average molecular weight is 263 g/mol. The van der Waals surface area contributed by atoms with Gasteiger partial charge in [0, 0.05) is 18.8 Å². The van der Waals surface area contributed by atoms with E-state index in [1.165, 1.54) is 17.2 Å². The molecule has 19 heavy (non-hydrogen) atoms. The van der Waals surface area contributed by atoms with Gasteiger partial charge in [-0.1, -0.05) is 0 Å². The minimum absolute atomic E-state index is 0.388. The number of carbonyl (C=O) groups is 1. The SMILES string of the molecule is O=C(O)Cn1nc2ccnc(NCC3CC3)n2c1=O. The van der Waals surface area contributed by atoms with Gasteiger partial charge in [0.25, 0.3) is 0 Å². The second-order valence-corrected chi connectivity index (χ2v) is 4.62. The van der Waals surface area contributed by atoms with E-state index in [0.717, 1.165) is 11.2 Å². The molecule has 8 heteroatoms. The molecule has 0 aromatic carbocycles. The van der Waals surface area contributed by atoms with Crippen molar-refractivity contribution in [1.82, 2.24) is 19.2 Å². The monoisotopic (exact) mass is 263 g/mol. The van der Waals surface area contributed by atoms with E-state index in [-0.39, 0.29) is 0 Å². The molecular weight excluding hydrogens is 250 g/mol. The highest BCUT2D eigenvalue weighted by Gasteiger charge is 2.21. The molecule has 0 amide bonds. The van der Waals surface area contributed by atoms with Gasteiger partial charge in [0.15, 0.2) is 5.65 Å². The highest BCUT2D eigenvalue weighted by atomic mass is 16.4. The maximum Gasteiger partial charge on any atom is 0.353 e. The second kappa shape index (κ2) is 4.38. The molecule has 2 heterocycles. The molecule has 0 aliphatic heterocycles. The number of hydrogen-bond donors (Lipinski definition) is 2. The van der Waals surface area contributed by atoms with Gasteiger partial charge in [-0.2, -0.15) is 0 Å². The fourth-order valence-electron chi connectivity index (χ4n) is 1.88. The fraction of sp³-hybridized carbons (Fsp3) is 0.455. The highest BCUT2D eigenvalue weighted by Crippen LogP contribution is 2.28. The molecule has 1 saturated carbocycles. The van der Waals surface area contributed by atoms with Crippen molar-refractivity contribution in [2.24, 2.45) is 5.92 Å². The number of anilines is 1. The summed E-state index contributed by atoms with van der Waals surface area (Å²) in [6.45, 7) is 0.311. The number of nitrogens with zero attached hydrogens (tertiary/aromatic N) is 4. The third kappa shape index (κ3) is 2.28. The molecule has 0 bridgehead atoms. The van der Waals surface area contributed by atoms with Crippen molar-refractivity contribution in [2.45, 2.75) is 19.4 Å². The standard InChI is InChI=1S/C11H13N5O3/c17-9(18)6-15-11(19)16-8(14-15)3-4-12-10(16)13-5-7-1-2-7/h3-4,7H,1-2,5-6H2,(H,12,13)(H,17,18). The van der Waals surface area contributed by atoms with E-state index in [1.54, 1.807) is 12.3 Å². The smallest absolute Gasteiger partial charge is 0.353 e. The molecule has 1 aliphatic rings. The average Bonchev–Trinajstić information content (AvgIpc) is 3.13. The first-order chi connectivity index (χ1) is 9.15. The van der Waals surface area contributed by atoms with Crippen LogP contribution in [-0.4, -0.2) is 36.8 Å². The molecule has 2 aromatic rings. The quantitative estimate of drug-likeness (QED) is 0.774. The molecule has 0 radical (unpaired) electrons. The van der Waals surface area contributed by atoms with Gasteiger partial charge in [0.1, 0.15) is 6.54 Å². The fourth-order valence-corrected chi connectivity index (χ4v) is 1.88. The van der Waals surface area contributed by atoms with E-state index in [9.17, 15) is 9.59 Å². The molecule has 1 fully saturated rings. The molecule has 100 valence electrons. The summed E-state index contributed by atoms with van der Waals surface area (Å²) in [5, 5.41) is 15.8. The lowest BCUT2D eigenvalue weighted by Crippen LogP contribution is -2.26. The zero-order valence-electron chi connectivity index (χ0n) is 10.1. The molecule has 8 nitrogen and oxygen atoms in total. The van der Waals surface area contributed by atoms with Crippen molar-refractivity contribution in [3.8, 4) is 0 Å². The summed E-state index contributed by atoms with van der Waals surface area (Å²) >= 11 is 0. The van der Waals surface area contributed by atoms with Gasteiger partial charge >= 0.3 is 11.7 Å². The van der Waals surface area contributed by atoms with Gasteiger partial charge in [-0.3, -0.25) is 4.79 Å². The molecule has 0 saturated heterocycles. The predicted octanol–water partition coefficient (Wildman–Crippen LogP) is -0.203. The van der Waals surface area contributed by atoms with E-state index in [1.807, 2.05) is 0 Å². The topological polar surface area (TPSA) is 102 Å². The lowest BCUT2D eigenvalue weighted by molar-refractivity contribution is -0.137. The maximum atomic E-state index is 12.1. The zero-order chi connectivity index (χ0) is 13.4. The Labute approximate surface area is 107 Å². The van der Waals surface area contributed by atoms with Crippen molar-refractivity contribution >= 4 is 17.6 Å². The minimum atomic E-state index is -1.11. The molecule has 2 N–H and O–H groups in total. The normalized spacial score (nSPS) is 14.7. The number of rotatable bonds is 5. The van der Waals surface area contributed by atoms with Crippen LogP contribution in [0.1, 0.15) is 12.8 Å². The van der Waals surface area contributed by atoms with Gasteiger partial charge in [0.2, 0.25) is 5.95 Å². The van der Waals surface area contributed by atoms with Crippen LogP contribution in [0.3, 0.4) is 0 Å². The Kier molecular flexibility index (Phi) is 2.69. The summed E-state index contributed by atoms with van der Waals surface area (Å²) in [4.78, 5) is 26.8. The predicted molar refractivity (Wildman–Crippen MR) is 66.1 cm³/mol. The molecular formula is C11H13N5O3. The van der Waals surface area contributed by atoms with Gasteiger partial charge in [0.05, 0.1) is 0 Å². The first-order valence-corrected chi connectivity index (χ1v) is 6.05. The van der Waals surface area contributed by atoms with Crippen LogP contribution in [0.25, 0.3) is 5.65 Å². The first kappa shape index (κ1) is 11.7. The zero-order valence-corrected chi connectivity index (χ0v) is 10.1. The van der Waals surface area contributed by atoms with Crippen molar-refractivity contribution in [3.63, 3.8) is 0 Å². The third-order valence-corrected chi connectivity index (χ3v) is 3.03. The molecule has 0 spiro atoms. The molecule has 0 atom stereocenters.